The smallest absolute Gasteiger partial charge is 0.339 e. The summed E-state index contributed by atoms with van der Waals surface area (Å²) >= 11 is 0. The fraction of sp³-hybridized carbons (Fsp3) is 0.367. The van der Waals surface area contributed by atoms with Gasteiger partial charge in [0.2, 0.25) is 5.91 Å². The van der Waals surface area contributed by atoms with E-state index in [9.17, 15) is 14.4 Å². The zero-order chi connectivity index (χ0) is 27.2. The minimum Gasteiger partial charge on any atom is -0.462 e. The monoisotopic (exact) mass is 514 g/mol. The van der Waals surface area contributed by atoms with Crippen LogP contribution in [-0.4, -0.2) is 37.4 Å². The number of aryl methyl sites for hydroxylation is 1. The summed E-state index contributed by atoms with van der Waals surface area (Å²) in [5, 5.41) is 2.93. The summed E-state index contributed by atoms with van der Waals surface area (Å²) in [4.78, 5) is 45.5. The van der Waals surface area contributed by atoms with Crippen LogP contribution in [0.1, 0.15) is 51.2 Å². The highest BCUT2D eigenvalue weighted by Gasteiger charge is 2.62. The molecule has 2 aromatic rings. The molecule has 0 aromatic heterocycles. The van der Waals surface area contributed by atoms with Crippen LogP contribution >= 0.6 is 0 Å². The number of rotatable bonds is 6. The molecule has 1 unspecified atom stereocenters. The van der Waals surface area contributed by atoms with Gasteiger partial charge in [-0.2, -0.15) is 0 Å². The van der Waals surface area contributed by atoms with Gasteiger partial charge in [0.25, 0.3) is 0 Å². The van der Waals surface area contributed by atoms with Crippen molar-refractivity contribution in [3.05, 3.63) is 76.3 Å². The molecule has 0 fully saturated rings. The average Bonchev–Trinajstić information content (AvgIpc) is 3.17. The highest BCUT2D eigenvalue weighted by molar-refractivity contribution is 6.23. The molecule has 5 rings (SSSR count). The normalized spacial score (nSPS) is 20.5. The molecule has 0 saturated heterocycles. The Morgan fingerprint density at radius 3 is 2.45 bits per heavy atom. The Bertz CT molecular complexity index is 1390. The quantitative estimate of drug-likeness (QED) is 0.554. The van der Waals surface area contributed by atoms with Gasteiger partial charge >= 0.3 is 5.97 Å². The summed E-state index contributed by atoms with van der Waals surface area (Å²) in [6, 6.07) is 13.5. The summed E-state index contributed by atoms with van der Waals surface area (Å²) in [6.07, 6.45) is 1.47. The molecule has 198 valence electrons. The zero-order valence-electron chi connectivity index (χ0n) is 22.4. The number of esters is 1. The number of ketones is 1. The van der Waals surface area contributed by atoms with Gasteiger partial charge in [0.1, 0.15) is 16.8 Å². The van der Waals surface area contributed by atoms with Crippen molar-refractivity contribution in [2.75, 3.05) is 34.8 Å². The number of carbonyl (C=O) groups excluding carboxylic acids is 3. The topological polar surface area (TPSA) is 105 Å². The molecule has 0 bridgehead atoms. The lowest BCUT2D eigenvalue weighted by Crippen LogP contribution is -2.53. The number of nitrogens with one attached hydrogen (secondary N) is 1. The average molecular weight is 515 g/mol. The molecular weight excluding hydrogens is 480 g/mol. The second-order valence-electron chi connectivity index (χ2n) is 9.86. The molecule has 2 aromatic carbocycles. The van der Waals surface area contributed by atoms with Gasteiger partial charge in [-0.25, -0.2) is 4.79 Å². The molecule has 1 aliphatic carbocycles. The van der Waals surface area contributed by atoms with Crippen LogP contribution in [0, 0.1) is 6.92 Å². The first-order chi connectivity index (χ1) is 18.3. The number of allylic oxidation sites excluding steroid dienone is 1. The lowest BCUT2D eigenvalue weighted by molar-refractivity contribution is -0.140. The van der Waals surface area contributed by atoms with Crippen LogP contribution in [0.25, 0.3) is 0 Å². The molecular formula is C30H34N4O4. The van der Waals surface area contributed by atoms with E-state index < -0.39 is 17.3 Å². The Balaban J connectivity index is 1.81. The number of carbonyl (C=O) groups is 3. The molecule has 1 atom stereocenters. The number of nitrogens with two attached hydrogens (primary N) is 1. The van der Waals surface area contributed by atoms with Crippen LogP contribution < -0.4 is 20.9 Å². The number of anilines is 3. The number of amides is 1. The van der Waals surface area contributed by atoms with Crippen molar-refractivity contribution in [1.82, 2.24) is 0 Å². The number of hydrogen-bond acceptors (Lipinski definition) is 7. The van der Waals surface area contributed by atoms with Crippen LogP contribution in [0.15, 0.2) is 65.1 Å². The van der Waals surface area contributed by atoms with E-state index in [1.807, 2.05) is 49.4 Å². The Morgan fingerprint density at radius 2 is 1.79 bits per heavy atom. The number of ether oxygens (including phenoxy) is 1. The third-order valence-corrected chi connectivity index (χ3v) is 7.79. The Hall–Kier alpha value is -4.07. The van der Waals surface area contributed by atoms with E-state index in [4.69, 9.17) is 10.5 Å². The van der Waals surface area contributed by atoms with Gasteiger partial charge < -0.3 is 20.7 Å². The van der Waals surface area contributed by atoms with Crippen molar-refractivity contribution in [1.29, 1.82) is 0 Å². The number of Topliss-reactive ketones (excluding diaryl/α,β-unsaturated/α-hetero) is 1. The van der Waals surface area contributed by atoms with Gasteiger partial charge in [-0.3, -0.25) is 14.5 Å². The molecule has 0 saturated carbocycles. The SMILES string of the molecule is CCOC(=O)C1=C(N)N(c2ccc(N(CC)CC)cc2)C2=C(C(=O)CCC2)C12C(=O)Nc1ccc(C)cc12. The van der Waals surface area contributed by atoms with E-state index >= 15 is 0 Å². The van der Waals surface area contributed by atoms with Crippen molar-refractivity contribution >= 4 is 34.7 Å². The lowest BCUT2D eigenvalue weighted by Gasteiger charge is -2.44. The molecule has 1 amide bonds. The summed E-state index contributed by atoms with van der Waals surface area (Å²) in [6.45, 7) is 9.67. The van der Waals surface area contributed by atoms with Crippen molar-refractivity contribution in [2.24, 2.45) is 5.73 Å². The second-order valence-corrected chi connectivity index (χ2v) is 9.86. The first-order valence-electron chi connectivity index (χ1n) is 13.3. The van der Waals surface area contributed by atoms with Crippen LogP contribution in [0.3, 0.4) is 0 Å². The maximum Gasteiger partial charge on any atom is 0.339 e. The van der Waals surface area contributed by atoms with E-state index in [2.05, 4.69) is 24.1 Å². The standard InChI is InChI=1S/C30H34N4O4/c1-5-33(6-2)19-12-14-20(15-13-19)34-23-9-8-10-24(35)25(23)30(26(27(34)31)28(36)38-7-3)21-17-18(4)11-16-22(21)32-29(30)37/h11-17H,5-10,31H2,1-4H3,(H,32,37). The van der Waals surface area contributed by atoms with Gasteiger partial charge in [-0.05, 0) is 70.9 Å². The number of benzene rings is 2. The summed E-state index contributed by atoms with van der Waals surface area (Å²) in [5.74, 6) is -1.21. The number of hydrogen-bond donors (Lipinski definition) is 2. The molecule has 2 heterocycles. The minimum absolute atomic E-state index is 0.0111. The molecule has 38 heavy (non-hydrogen) atoms. The summed E-state index contributed by atoms with van der Waals surface area (Å²) in [5.41, 5.74) is 9.99. The van der Waals surface area contributed by atoms with Gasteiger partial charge in [0.05, 0.1) is 6.61 Å². The van der Waals surface area contributed by atoms with Crippen LogP contribution in [0.2, 0.25) is 0 Å². The third kappa shape index (κ3) is 3.61. The predicted molar refractivity (Wildman–Crippen MR) is 148 cm³/mol. The van der Waals surface area contributed by atoms with E-state index in [1.54, 1.807) is 11.8 Å². The number of fused-ring (bicyclic) bond motifs is 3. The van der Waals surface area contributed by atoms with Gasteiger partial charge in [0, 0.05) is 53.4 Å². The number of nitrogens with zero attached hydrogens (tertiary/aromatic N) is 2. The predicted octanol–water partition coefficient (Wildman–Crippen LogP) is 4.29. The van der Waals surface area contributed by atoms with Crippen LogP contribution in [0.4, 0.5) is 17.1 Å². The van der Waals surface area contributed by atoms with E-state index in [1.165, 1.54) is 0 Å². The van der Waals surface area contributed by atoms with Crippen molar-refractivity contribution in [3.8, 4) is 0 Å². The lowest BCUT2D eigenvalue weighted by atomic mass is 9.63. The van der Waals surface area contributed by atoms with Gasteiger partial charge in [-0.1, -0.05) is 17.7 Å². The van der Waals surface area contributed by atoms with E-state index in [0.29, 0.717) is 41.8 Å². The molecule has 3 N–H and O–H groups in total. The minimum atomic E-state index is -1.66. The Kier molecular flexibility index (Phi) is 6.51. The molecule has 3 aliphatic rings. The highest BCUT2D eigenvalue weighted by atomic mass is 16.5. The third-order valence-electron chi connectivity index (χ3n) is 7.79. The maximum atomic E-state index is 14.0. The van der Waals surface area contributed by atoms with E-state index in [-0.39, 0.29) is 23.8 Å². The first-order valence-corrected chi connectivity index (χ1v) is 13.3. The largest absolute Gasteiger partial charge is 0.462 e. The Morgan fingerprint density at radius 1 is 1.08 bits per heavy atom. The highest BCUT2D eigenvalue weighted by Crippen LogP contribution is 2.55. The molecule has 2 aliphatic heterocycles. The molecule has 0 radical (unpaired) electrons. The Labute approximate surface area is 223 Å². The van der Waals surface area contributed by atoms with Gasteiger partial charge in [-0.15, -0.1) is 0 Å². The summed E-state index contributed by atoms with van der Waals surface area (Å²) in [7, 11) is 0. The fourth-order valence-corrected chi connectivity index (χ4v) is 6.12. The fourth-order valence-electron chi connectivity index (χ4n) is 6.12. The van der Waals surface area contributed by atoms with Crippen LogP contribution in [0.5, 0.6) is 0 Å². The van der Waals surface area contributed by atoms with Gasteiger partial charge in [0.15, 0.2) is 5.78 Å². The molecule has 1 spiro atoms. The zero-order valence-corrected chi connectivity index (χ0v) is 22.4. The van der Waals surface area contributed by atoms with E-state index in [0.717, 1.165) is 30.0 Å². The summed E-state index contributed by atoms with van der Waals surface area (Å²) < 4.78 is 5.49. The van der Waals surface area contributed by atoms with Crippen molar-refractivity contribution < 1.29 is 19.1 Å². The second kappa shape index (κ2) is 9.67. The van der Waals surface area contributed by atoms with Crippen molar-refractivity contribution in [2.45, 2.75) is 52.4 Å². The van der Waals surface area contributed by atoms with Crippen LogP contribution in [-0.2, 0) is 24.5 Å². The maximum absolute atomic E-state index is 14.0. The molecule has 8 heteroatoms. The van der Waals surface area contributed by atoms with Crippen molar-refractivity contribution in [3.63, 3.8) is 0 Å². The first kappa shape index (κ1) is 25.6. The molecule has 8 nitrogen and oxygen atoms in total.